The first-order valence-electron chi connectivity index (χ1n) is 31.9. The zero-order valence-electron chi connectivity index (χ0n) is 51.5. The molecule has 0 spiro atoms. The van der Waals surface area contributed by atoms with Gasteiger partial charge in [0.1, 0.15) is 13.2 Å². The second kappa shape index (κ2) is 66.8. The monoisotopic (exact) mass is 1110 g/mol. The van der Waals surface area contributed by atoms with Gasteiger partial charge in [-0.2, -0.15) is 0 Å². The van der Waals surface area contributed by atoms with Crippen LogP contribution < -0.4 is 0 Å². The van der Waals surface area contributed by atoms with Crippen molar-refractivity contribution in [1.29, 1.82) is 0 Å². The number of rotatable bonds is 55. The SMILES string of the molecule is CC/C=C\C/C=C\C/C=C\C/C=C\C/C=C\C/C=C\C/C=C\C/C=C\CCCCC(=O)OCC(COC(=O)CCC/C=C\C/C=C\C/C=C\C/C=C\C/C=C\CC)OC(=O)CCCCCCCC/C=C\C/C=C\C/C=C\CCCCC. The molecule has 0 aromatic rings. The maximum atomic E-state index is 12.9. The van der Waals surface area contributed by atoms with Gasteiger partial charge in [0.05, 0.1) is 0 Å². The molecule has 0 radical (unpaired) electrons. The summed E-state index contributed by atoms with van der Waals surface area (Å²) in [5.41, 5.74) is 0. The molecule has 0 bridgehead atoms. The van der Waals surface area contributed by atoms with Crippen molar-refractivity contribution in [1.82, 2.24) is 0 Å². The highest BCUT2D eigenvalue weighted by atomic mass is 16.6. The fraction of sp³-hybridized carbons (Fsp3) is 0.533. The maximum Gasteiger partial charge on any atom is 0.306 e. The number of hydrogen-bond donors (Lipinski definition) is 0. The molecule has 0 aliphatic carbocycles. The fourth-order valence-electron chi connectivity index (χ4n) is 7.85. The summed E-state index contributed by atoms with van der Waals surface area (Å²) in [6, 6.07) is 0. The van der Waals surface area contributed by atoms with Crippen molar-refractivity contribution in [3.63, 3.8) is 0 Å². The number of carbonyl (C=O) groups is 3. The van der Waals surface area contributed by atoms with Crippen molar-refractivity contribution in [3.05, 3.63) is 194 Å². The Morgan fingerprint density at radius 1 is 0.259 bits per heavy atom. The Morgan fingerprint density at radius 3 is 0.827 bits per heavy atom. The molecule has 0 aromatic heterocycles. The van der Waals surface area contributed by atoms with Crippen LogP contribution >= 0.6 is 0 Å². The topological polar surface area (TPSA) is 78.9 Å². The van der Waals surface area contributed by atoms with E-state index in [9.17, 15) is 14.4 Å². The molecule has 0 aliphatic rings. The van der Waals surface area contributed by atoms with Gasteiger partial charge >= 0.3 is 17.9 Å². The van der Waals surface area contributed by atoms with Gasteiger partial charge in [-0.25, -0.2) is 0 Å². The van der Waals surface area contributed by atoms with Crippen molar-refractivity contribution in [3.8, 4) is 0 Å². The van der Waals surface area contributed by atoms with Gasteiger partial charge in [-0.05, 0) is 161 Å². The van der Waals surface area contributed by atoms with Crippen LogP contribution in [0.5, 0.6) is 0 Å². The normalized spacial score (nSPS) is 13.5. The number of hydrogen-bond acceptors (Lipinski definition) is 6. The molecule has 1 atom stereocenters. The molecule has 0 saturated heterocycles. The first-order chi connectivity index (χ1) is 40.0. The highest BCUT2D eigenvalue weighted by Gasteiger charge is 2.19. The van der Waals surface area contributed by atoms with E-state index in [1.807, 2.05) is 0 Å². The Bertz CT molecular complexity index is 1950. The Labute approximate surface area is 497 Å². The van der Waals surface area contributed by atoms with E-state index in [0.29, 0.717) is 12.8 Å². The van der Waals surface area contributed by atoms with E-state index in [4.69, 9.17) is 14.2 Å². The van der Waals surface area contributed by atoms with Gasteiger partial charge < -0.3 is 14.2 Å². The van der Waals surface area contributed by atoms with Crippen LogP contribution in [0.25, 0.3) is 0 Å². The molecule has 81 heavy (non-hydrogen) atoms. The minimum absolute atomic E-state index is 0.135. The highest BCUT2D eigenvalue weighted by Crippen LogP contribution is 2.12. The third kappa shape index (κ3) is 64.9. The molecule has 0 N–H and O–H groups in total. The van der Waals surface area contributed by atoms with Crippen molar-refractivity contribution in [2.75, 3.05) is 13.2 Å². The lowest BCUT2D eigenvalue weighted by molar-refractivity contribution is -0.167. The van der Waals surface area contributed by atoms with Crippen molar-refractivity contribution >= 4 is 17.9 Å². The van der Waals surface area contributed by atoms with Gasteiger partial charge in [-0.15, -0.1) is 0 Å². The molecule has 1 unspecified atom stereocenters. The average Bonchev–Trinajstić information content (AvgIpc) is 3.47. The summed E-state index contributed by atoms with van der Waals surface area (Å²) in [4.78, 5) is 38.3. The second-order valence-corrected chi connectivity index (χ2v) is 20.2. The summed E-state index contributed by atoms with van der Waals surface area (Å²) in [6.45, 7) is 6.27. The number of ether oxygens (including phenoxy) is 3. The number of carbonyl (C=O) groups excluding carboxylic acids is 3. The molecule has 0 fully saturated rings. The van der Waals surface area contributed by atoms with Gasteiger partial charge in [0.15, 0.2) is 6.10 Å². The minimum atomic E-state index is -0.840. The van der Waals surface area contributed by atoms with Crippen LogP contribution in [0.4, 0.5) is 0 Å². The van der Waals surface area contributed by atoms with Crippen LogP contribution in [0.1, 0.15) is 239 Å². The van der Waals surface area contributed by atoms with E-state index in [1.54, 1.807) is 0 Å². The molecular formula is C75H114O6. The molecule has 6 nitrogen and oxygen atoms in total. The van der Waals surface area contributed by atoms with E-state index in [-0.39, 0.29) is 50.4 Å². The van der Waals surface area contributed by atoms with Crippen molar-refractivity contribution in [2.45, 2.75) is 245 Å². The van der Waals surface area contributed by atoms with Crippen LogP contribution in [0.15, 0.2) is 194 Å². The predicted octanol–water partition coefficient (Wildman–Crippen LogP) is 22.2. The predicted molar refractivity (Wildman–Crippen MR) is 352 cm³/mol. The van der Waals surface area contributed by atoms with E-state index in [1.165, 1.54) is 38.5 Å². The molecule has 6 heteroatoms. The molecular weight excluding hydrogens is 997 g/mol. The second-order valence-electron chi connectivity index (χ2n) is 20.2. The zero-order valence-corrected chi connectivity index (χ0v) is 51.5. The summed E-state index contributed by atoms with van der Waals surface area (Å²) in [5, 5.41) is 0. The lowest BCUT2D eigenvalue weighted by Crippen LogP contribution is -2.30. The van der Waals surface area contributed by atoms with Gasteiger partial charge in [0.2, 0.25) is 0 Å². The van der Waals surface area contributed by atoms with E-state index < -0.39 is 6.10 Å². The van der Waals surface area contributed by atoms with Gasteiger partial charge in [0.25, 0.3) is 0 Å². The standard InChI is InChI=1S/C75H114O6/c1-4-7-10-13-16-19-22-25-28-31-33-34-35-36-37-38-39-40-42-44-47-50-53-56-59-62-65-68-74(77)80-71-72(70-79-73(76)67-64-61-58-55-52-49-46-43-30-27-24-21-18-15-12-9-6-3)81-75(78)69-66-63-60-57-54-51-48-45-41-32-29-26-23-20-17-14-11-8-5-2/h7,9-10,12,16-21,25-30,33-34,36-37,39-41,44-47,49,53,55-56,58,72H,4-6,8,11,13-15,22-24,31-32,35,38,42-43,48,50-52,54,57,59-71H2,1-3H3/b10-7-,12-9-,19-16-,20-17-,21-18-,28-25-,29-26-,30-27-,34-33-,37-36-,40-39-,45-41-,47-44-,49-46-,56-53-,58-55-. The third-order valence-electron chi connectivity index (χ3n) is 12.6. The minimum Gasteiger partial charge on any atom is -0.462 e. The molecule has 0 saturated carbocycles. The number of unbranched alkanes of at least 4 members (excludes halogenated alkanes) is 12. The molecule has 0 amide bonds. The van der Waals surface area contributed by atoms with E-state index >= 15 is 0 Å². The Kier molecular flexibility index (Phi) is 62.0. The molecule has 0 aromatic carbocycles. The summed E-state index contributed by atoms with van der Waals surface area (Å²) in [7, 11) is 0. The highest BCUT2D eigenvalue weighted by molar-refractivity contribution is 5.71. The van der Waals surface area contributed by atoms with Crippen LogP contribution in [-0.4, -0.2) is 37.2 Å². The van der Waals surface area contributed by atoms with Crippen LogP contribution in [-0.2, 0) is 28.6 Å². The maximum absolute atomic E-state index is 12.9. The summed E-state index contributed by atoms with van der Waals surface area (Å²) < 4.78 is 16.8. The van der Waals surface area contributed by atoms with Crippen molar-refractivity contribution < 1.29 is 28.6 Å². The summed E-state index contributed by atoms with van der Waals surface area (Å²) in [6.07, 6.45) is 101. The summed E-state index contributed by atoms with van der Waals surface area (Å²) >= 11 is 0. The van der Waals surface area contributed by atoms with Crippen molar-refractivity contribution in [2.24, 2.45) is 0 Å². The molecule has 450 valence electrons. The number of esters is 3. The van der Waals surface area contributed by atoms with Crippen LogP contribution in [0, 0.1) is 0 Å². The summed E-state index contributed by atoms with van der Waals surface area (Å²) in [5.74, 6) is -1.06. The zero-order chi connectivity index (χ0) is 58.5. The Hall–Kier alpha value is -5.75. The fourth-order valence-corrected chi connectivity index (χ4v) is 7.85. The third-order valence-corrected chi connectivity index (χ3v) is 12.6. The smallest absolute Gasteiger partial charge is 0.306 e. The van der Waals surface area contributed by atoms with Gasteiger partial charge in [0, 0.05) is 19.3 Å². The van der Waals surface area contributed by atoms with Gasteiger partial charge in [-0.3, -0.25) is 14.4 Å². The molecule has 0 aliphatic heterocycles. The van der Waals surface area contributed by atoms with Crippen LogP contribution in [0.3, 0.4) is 0 Å². The quantitative estimate of drug-likeness (QED) is 0.0261. The first-order valence-corrected chi connectivity index (χ1v) is 31.9. The Balaban J connectivity index is 4.59. The number of allylic oxidation sites excluding steroid dienone is 32. The van der Waals surface area contributed by atoms with Crippen LogP contribution in [0.2, 0.25) is 0 Å². The Morgan fingerprint density at radius 2 is 0.494 bits per heavy atom. The van der Waals surface area contributed by atoms with Gasteiger partial charge in [-0.1, -0.05) is 254 Å². The van der Waals surface area contributed by atoms with E-state index in [2.05, 4.69) is 215 Å². The first kappa shape index (κ1) is 75.2. The average molecular weight is 1110 g/mol. The molecule has 0 rings (SSSR count). The lowest BCUT2D eigenvalue weighted by Gasteiger charge is -2.18. The molecule has 0 heterocycles. The lowest BCUT2D eigenvalue weighted by atomic mass is 10.1. The largest absolute Gasteiger partial charge is 0.462 e. The van der Waals surface area contributed by atoms with E-state index in [0.717, 1.165) is 148 Å².